The molecule has 0 bridgehead atoms. The molecule has 4 aliphatic rings. The van der Waals surface area contributed by atoms with Crippen molar-refractivity contribution in [1.29, 1.82) is 0 Å². The Hall–Kier alpha value is -4.30. The first-order chi connectivity index (χ1) is 25.5. The van der Waals surface area contributed by atoms with Gasteiger partial charge in [0.05, 0.1) is 50.6 Å². The Morgan fingerprint density at radius 1 is 1.00 bits per heavy atom. The number of nitrogens with one attached hydrogen (secondary N) is 2. The maximum absolute atomic E-state index is 15.6. The number of carbonyl (C=O) groups excluding carboxylic acids is 2. The highest BCUT2D eigenvalue weighted by molar-refractivity contribution is 6.34. The van der Waals surface area contributed by atoms with E-state index >= 15 is 8.78 Å². The van der Waals surface area contributed by atoms with Crippen molar-refractivity contribution in [1.82, 2.24) is 29.7 Å². The first-order valence-corrected chi connectivity index (χ1v) is 18.9. The van der Waals surface area contributed by atoms with Crippen LogP contribution in [0.1, 0.15) is 102 Å². The lowest BCUT2D eigenvalue weighted by atomic mass is 9.71. The molecule has 1 aromatic carbocycles. The molecule has 2 saturated carbocycles. The molecular weight excluding hydrogens is 724 g/mol. The number of hydrogen-bond donors (Lipinski definition) is 2. The molecule has 0 atom stereocenters. The van der Waals surface area contributed by atoms with Crippen molar-refractivity contribution in [2.75, 3.05) is 23.3 Å². The Labute approximate surface area is 315 Å². The Balaban J connectivity index is 1.17. The van der Waals surface area contributed by atoms with Crippen molar-refractivity contribution in [3.05, 3.63) is 58.6 Å². The second-order valence-corrected chi connectivity index (χ2v) is 16.8. The molecule has 0 spiro atoms. The predicted octanol–water partition coefficient (Wildman–Crippen LogP) is 8.31. The molecular formula is C39H43ClF4N8O2. The average molecular weight is 767 g/mol. The molecule has 2 aliphatic carbocycles. The molecule has 54 heavy (non-hydrogen) atoms. The summed E-state index contributed by atoms with van der Waals surface area (Å²) < 4.78 is 60.0. The van der Waals surface area contributed by atoms with Crippen molar-refractivity contribution < 1.29 is 27.2 Å². The standard InChI is InChI=1S/C39H43ClF4N8O2/c1-20(2)51-19-46-26-15-24(47-33(31(26)51)48-25-14-23(28(40)30(42)29(25)41)34(53)49-39(9-10-39)35(43)44)21-13-27-32(45-18-21)37(3,4)36(54)52(27)22-16-38(5,17-22)50-11-7-6-8-12-50/h13-15,18-20,22,35H,6-12,16-17H2,1-5H3,(H,47,48)(H,49,53). The summed E-state index contributed by atoms with van der Waals surface area (Å²) in [5.41, 5.74) is -0.165. The number of nitrogens with zero attached hydrogens (tertiary/aromatic N) is 6. The fourth-order valence-electron chi connectivity index (χ4n) is 8.46. The van der Waals surface area contributed by atoms with Crippen LogP contribution in [0.3, 0.4) is 0 Å². The number of amides is 2. The summed E-state index contributed by atoms with van der Waals surface area (Å²) in [4.78, 5) is 45.9. The van der Waals surface area contributed by atoms with Crippen LogP contribution < -0.4 is 15.5 Å². The van der Waals surface area contributed by atoms with E-state index in [9.17, 15) is 18.4 Å². The Morgan fingerprint density at radius 2 is 1.70 bits per heavy atom. The minimum atomic E-state index is -2.84. The average Bonchev–Trinajstić information content (AvgIpc) is 3.73. The van der Waals surface area contributed by atoms with Crippen LogP contribution in [0.2, 0.25) is 5.02 Å². The fourth-order valence-corrected chi connectivity index (χ4v) is 8.69. The Morgan fingerprint density at radius 3 is 2.35 bits per heavy atom. The number of anilines is 3. The zero-order chi connectivity index (χ0) is 38.5. The SMILES string of the molecule is CC(C)n1cnc2cc(-c3cnc4c(c3)N(C3CC(C)(N5CCCCC5)C3)C(=O)C4(C)C)nc(Nc3cc(C(=O)NC4(C(F)F)CC4)c(Cl)c(F)c3F)c21. The van der Waals surface area contributed by atoms with E-state index in [4.69, 9.17) is 21.6 Å². The van der Waals surface area contributed by atoms with Crippen LogP contribution in [0.15, 0.2) is 30.7 Å². The van der Waals surface area contributed by atoms with E-state index in [0.29, 0.717) is 28.0 Å². The van der Waals surface area contributed by atoms with E-state index in [1.54, 1.807) is 18.6 Å². The third kappa shape index (κ3) is 5.82. The van der Waals surface area contributed by atoms with Crippen LogP contribution in [-0.4, -0.2) is 72.9 Å². The number of carbonyl (C=O) groups is 2. The van der Waals surface area contributed by atoms with Crippen molar-refractivity contribution in [2.24, 2.45) is 0 Å². The van der Waals surface area contributed by atoms with Gasteiger partial charge in [0.15, 0.2) is 17.5 Å². The maximum atomic E-state index is 15.6. The molecule has 2 N–H and O–H groups in total. The number of hydrogen-bond acceptors (Lipinski definition) is 7. The summed E-state index contributed by atoms with van der Waals surface area (Å²) in [7, 11) is 0. The van der Waals surface area contributed by atoms with Gasteiger partial charge < -0.3 is 20.1 Å². The molecule has 2 aliphatic heterocycles. The monoisotopic (exact) mass is 766 g/mol. The number of halogens is 5. The molecule has 286 valence electrons. The highest BCUT2D eigenvalue weighted by Gasteiger charge is 2.55. The van der Waals surface area contributed by atoms with E-state index in [0.717, 1.165) is 37.7 Å². The highest BCUT2D eigenvalue weighted by Crippen LogP contribution is 2.50. The lowest BCUT2D eigenvalue weighted by Gasteiger charge is -2.55. The molecule has 2 amide bonds. The Bertz CT molecular complexity index is 2190. The number of pyridine rings is 2. The quantitative estimate of drug-likeness (QED) is 0.130. The van der Waals surface area contributed by atoms with Crippen molar-refractivity contribution in [2.45, 2.75) is 115 Å². The van der Waals surface area contributed by atoms with Gasteiger partial charge >= 0.3 is 0 Å². The van der Waals surface area contributed by atoms with Crippen molar-refractivity contribution >= 4 is 51.6 Å². The van der Waals surface area contributed by atoms with E-state index in [1.807, 2.05) is 43.2 Å². The zero-order valence-corrected chi connectivity index (χ0v) is 31.6. The predicted molar refractivity (Wildman–Crippen MR) is 199 cm³/mol. The third-order valence-corrected chi connectivity index (χ3v) is 12.3. The normalized spacial score (nSPS) is 23.2. The lowest BCUT2D eigenvalue weighted by molar-refractivity contribution is -0.123. The number of rotatable bonds is 9. The van der Waals surface area contributed by atoms with Gasteiger partial charge in [-0.25, -0.2) is 27.5 Å². The maximum Gasteiger partial charge on any atom is 0.261 e. The van der Waals surface area contributed by atoms with Gasteiger partial charge in [-0.05, 0) is 104 Å². The smallest absolute Gasteiger partial charge is 0.261 e. The number of alkyl halides is 2. The molecule has 10 nitrogen and oxygen atoms in total. The minimum Gasteiger partial charge on any atom is -0.341 e. The van der Waals surface area contributed by atoms with Gasteiger partial charge in [0.25, 0.3) is 12.3 Å². The molecule has 15 heteroatoms. The third-order valence-electron chi connectivity index (χ3n) is 11.9. The van der Waals surface area contributed by atoms with Crippen LogP contribution in [-0.2, 0) is 10.2 Å². The van der Waals surface area contributed by atoms with Gasteiger partial charge in [-0.2, -0.15) is 0 Å². The minimum absolute atomic E-state index is 0.00414. The number of imidazole rings is 1. The number of likely N-dealkylation sites (tertiary alicyclic amines) is 1. The van der Waals surface area contributed by atoms with Gasteiger partial charge in [-0.1, -0.05) is 18.0 Å². The molecule has 0 radical (unpaired) electrons. The van der Waals surface area contributed by atoms with Crippen molar-refractivity contribution in [3.63, 3.8) is 0 Å². The molecule has 1 saturated heterocycles. The van der Waals surface area contributed by atoms with Gasteiger partial charge in [0.1, 0.15) is 11.1 Å². The number of fused-ring (bicyclic) bond motifs is 2. The first-order valence-electron chi connectivity index (χ1n) is 18.6. The lowest BCUT2D eigenvalue weighted by Crippen LogP contribution is -2.64. The summed E-state index contributed by atoms with van der Waals surface area (Å²) in [6, 6.07) is 4.57. The second kappa shape index (κ2) is 12.9. The molecule has 8 rings (SSSR count). The van der Waals surface area contributed by atoms with Gasteiger partial charge in [0.2, 0.25) is 5.91 Å². The highest BCUT2D eigenvalue weighted by atomic mass is 35.5. The number of piperidine rings is 1. The van der Waals surface area contributed by atoms with Gasteiger partial charge in [-0.15, -0.1) is 0 Å². The van der Waals surface area contributed by atoms with Crippen LogP contribution in [0, 0.1) is 11.6 Å². The summed E-state index contributed by atoms with van der Waals surface area (Å²) in [6.07, 6.45) is 5.87. The largest absolute Gasteiger partial charge is 0.341 e. The molecule has 5 heterocycles. The summed E-state index contributed by atoms with van der Waals surface area (Å²) in [5, 5.41) is 4.30. The van der Waals surface area contributed by atoms with E-state index < -0.39 is 51.2 Å². The molecule has 4 aromatic rings. The van der Waals surface area contributed by atoms with Crippen LogP contribution in [0.5, 0.6) is 0 Å². The van der Waals surface area contributed by atoms with Gasteiger partial charge in [-0.3, -0.25) is 19.5 Å². The molecule has 3 fully saturated rings. The van der Waals surface area contributed by atoms with Gasteiger partial charge in [0, 0.05) is 29.4 Å². The Kier molecular flexibility index (Phi) is 8.76. The molecule has 0 unspecified atom stereocenters. The topological polar surface area (TPSA) is 108 Å². The number of aromatic nitrogens is 4. The van der Waals surface area contributed by atoms with E-state index in [1.165, 1.54) is 19.3 Å². The van der Waals surface area contributed by atoms with E-state index in [2.05, 4.69) is 27.4 Å². The van der Waals surface area contributed by atoms with E-state index in [-0.39, 0.29) is 42.2 Å². The van der Waals surface area contributed by atoms with Crippen LogP contribution >= 0.6 is 11.6 Å². The number of benzene rings is 1. The summed E-state index contributed by atoms with van der Waals surface area (Å²) in [5.74, 6) is -3.85. The first kappa shape index (κ1) is 36.7. The van der Waals surface area contributed by atoms with Crippen LogP contribution in [0.25, 0.3) is 22.3 Å². The molecule has 3 aromatic heterocycles. The van der Waals surface area contributed by atoms with Crippen molar-refractivity contribution in [3.8, 4) is 11.3 Å². The fraction of sp³-hybridized carbons (Fsp3) is 0.513. The second-order valence-electron chi connectivity index (χ2n) is 16.4. The summed E-state index contributed by atoms with van der Waals surface area (Å²) in [6.45, 7) is 12.1. The zero-order valence-electron chi connectivity index (χ0n) is 30.9. The van der Waals surface area contributed by atoms with Crippen LogP contribution in [0.4, 0.5) is 34.8 Å². The summed E-state index contributed by atoms with van der Waals surface area (Å²) >= 11 is 6.07.